The molecule has 4 nitrogen and oxygen atoms in total. The van der Waals surface area contributed by atoms with E-state index < -0.39 is 12.7 Å². The summed E-state index contributed by atoms with van der Waals surface area (Å²) in [5.74, 6) is 0.323. The summed E-state index contributed by atoms with van der Waals surface area (Å²) in [6, 6.07) is 0. The Labute approximate surface area is 106 Å². The van der Waals surface area contributed by atoms with Crippen LogP contribution in [0, 0.1) is 0 Å². The molecular formula is C10H13F3N4S. The van der Waals surface area contributed by atoms with Gasteiger partial charge in [-0.25, -0.2) is 4.98 Å². The summed E-state index contributed by atoms with van der Waals surface area (Å²) >= 11 is 1.37. The molecule has 0 aliphatic rings. The van der Waals surface area contributed by atoms with Gasteiger partial charge in [0.25, 0.3) is 0 Å². The van der Waals surface area contributed by atoms with Gasteiger partial charge < -0.3 is 10.6 Å². The first kappa shape index (κ1) is 13.2. The summed E-state index contributed by atoms with van der Waals surface area (Å²) in [7, 11) is 0. The third kappa shape index (κ3) is 2.44. The highest BCUT2D eigenvalue weighted by molar-refractivity contribution is 7.15. The zero-order chi connectivity index (χ0) is 13.3. The highest BCUT2D eigenvalue weighted by atomic mass is 32.1. The second kappa shape index (κ2) is 4.77. The molecule has 2 N–H and O–H groups in total. The maximum Gasteiger partial charge on any atom is 0.405 e. The molecule has 2 heterocycles. The van der Waals surface area contributed by atoms with Crippen LogP contribution in [0.2, 0.25) is 0 Å². The average molecular weight is 278 g/mol. The van der Waals surface area contributed by atoms with Gasteiger partial charge >= 0.3 is 6.18 Å². The molecule has 0 aliphatic heterocycles. The van der Waals surface area contributed by atoms with Crippen LogP contribution in [0.1, 0.15) is 12.6 Å². The minimum atomic E-state index is -4.25. The van der Waals surface area contributed by atoms with E-state index in [9.17, 15) is 13.2 Å². The van der Waals surface area contributed by atoms with E-state index in [-0.39, 0.29) is 13.1 Å². The van der Waals surface area contributed by atoms with Crippen molar-refractivity contribution >= 4 is 22.1 Å². The highest BCUT2D eigenvalue weighted by Gasteiger charge is 2.32. The minimum Gasteiger partial charge on any atom is -0.346 e. The molecule has 8 heteroatoms. The molecule has 100 valence electrons. The number of anilines is 1. The van der Waals surface area contributed by atoms with Crippen molar-refractivity contribution in [2.45, 2.75) is 19.6 Å². The Kier molecular flexibility index (Phi) is 3.49. The van der Waals surface area contributed by atoms with E-state index in [1.807, 2.05) is 5.38 Å². The molecule has 0 unspecified atom stereocenters. The summed E-state index contributed by atoms with van der Waals surface area (Å²) < 4.78 is 39.2. The Morgan fingerprint density at radius 2 is 2.22 bits per heavy atom. The zero-order valence-electron chi connectivity index (χ0n) is 9.74. The first-order valence-corrected chi connectivity index (χ1v) is 6.30. The molecule has 0 amide bonds. The zero-order valence-corrected chi connectivity index (χ0v) is 10.6. The van der Waals surface area contributed by atoms with Crippen LogP contribution in [0.4, 0.5) is 19.0 Å². The molecule has 0 atom stereocenters. The SMILES string of the molecule is CCN(CC(F)(F)F)c1nc2sccn2c1CN. The van der Waals surface area contributed by atoms with Crippen molar-refractivity contribution < 1.29 is 13.2 Å². The van der Waals surface area contributed by atoms with E-state index in [2.05, 4.69) is 4.98 Å². The van der Waals surface area contributed by atoms with E-state index in [0.29, 0.717) is 16.5 Å². The normalized spacial score (nSPS) is 12.3. The quantitative estimate of drug-likeness (QED) is 0.933. The van der Waals surface area contributed by atoms with Crippen molar-refractivity contribution in [1.82, 2.24) is 9.38 Å². The van der Waals surface area contributed by atoms with Crippen LogP contribution in [-0.2, 0) is 6.54 Å². The van der Waals surface area contributed by atoms with Crippen LogP contribution in [0.5, 0.6) is 0 Å². The van der Waals surface area contributed by atoms with Crippen LogP contribution in [0.3, 0.4) is 0 Å². The van der Waals surface area contributed by atoms with Crippen LogP contribution in [0.25, 0.3) is 4.96 Å². The highest BCUT2D eigenvalue weighted by Crippen LogP contribution is 2.27. The standard InChI is InChI=1S/C10H13F3N4S/c1-2-16(6-10(11,12)13)8-7(5-14)17-3-4-18-9(17)15-8/h3-4H,2,5-6,14H2,1H3. The number of thiazole rings is 1. The van der Waals surface area contributed by atoms with Crippen molar-refractivity contribution in [2.75, 3.05) is 18.0 Å². The fraction of sp³-hybridized carbons (Fsp3) is 0.500. The summed E-state index contributed by atoms with van der Waals surface area (Å²) in [4.78, 5) is 6.08. The molecule has 18 heavy (non-hydrogen) atoms. The average Bonchev–Trinajstić information content (AvgIpc) is 2.83. The van der Waals surface area contributed by atoms with Gasteiger partial charge in [0.15, 0.2) is 10.8 Å². The van der Waals surface area contributed by atoms with Crippen molar-refractivity contribution in [1.29, 1.82) is 0 Å². The molecule has 0 radical (unpaired) electrons. The maximum absolute atomic E-state index is 12.5. The fourth-order valence-electron chi connectivity index (χ4n) is 1.82. The van der Waals surface area contributed by atoms with E-state index >= 15 is 0 Å². The van der Waals surface area contributed by atoms with Gasteiger partial charge in [0.2, 0.25) is 0 Å². The van der Waals surface area contributed by atoms with Gasteiger partial charge in [-0.15, -0.1) is 11.3 Å². The van der Waals surface area contributed by atoms with Crippen LogP contribution < -0.4 is 10.6 Å². The van der Waals surface area contributed by atoms with Crippen LogP contribution in [-0.4, -0.2) is 28.7 Å². The van der Waals surface area contributed by atoms with Crippen LogP contribution in [0.15, 0.2) is 11.6 Å². The molecule has 0 saturated heterocycles. The lowest BCUT2D eigenvalue weighted by atomic mass is 10.3. The number of rotatable bonds is 4. The smallest absolute Gasteiger partial charge is 0.346 e. The second-order valence-corrected chi connectivity index (χ2v) is 4.64. The van der Waals surface area contributed by atoms with Crippen molar-refractivity contribution in [3.8, 4) is 0 Å². The van der Waals surface area contributed by atoms with E-state index in [1.54, 1.807) is 17.5 Å². The lowest BCUT2D eigenvalue weighted by Gasteiger charge is -2.23. The molecule has 2 aromatic heterocycles. The molecule has 0 bridgehead atoms. The molecular weight excluding hydrogens is 265 g/mol. The summed E-state index contributed by atoms with van der Waals surface area (Å²) in [6.07, 6.45) is -2.49. The molecule has 2 rings (SSSR count). The summed E-state index contributed by atoms with van der Waals surface area (Å²) in [5, 5.41) is 1.82. The van der Waals surface area contributed by atoms with Crippen molar-refractivity contribution in [3.63, 3.8) is 0 Å². The Bertz CT molecular complexity index is 531. The second-order valence-electron chi connectivity index (χ2n) is 3.77. The van der Waals surface area contributed by atoms with Gasteiger partial charge in [-0.2, -0.15) is 13.2 Å². The molecule has 0 aromatic carbocycles. The lowest BCUT2D eigenvalue weighted by Crippen LogP contribution is -2.35. The van der Waals surface area contributed by atoms with Crippen molar-refractivity contribution in [3.05, 3.63) is 17.3 Å². The fourth-order valence-corrected chi connectivity index (χ4v) is 2.54. The van der Waals surface area contributed by atoms with Gasteiger partial charge in [0, 0.05) is 24.7 Å². The number of hydrogen-bond acceptors (Lipinski definition) is 4. The van der Waals surface area contributed by atoms with E-state index in [4.69, 9.17) is 5.73 Å². The molecule has 0 aliphatic carbocycles. The van der Waals surface area contributed by atoms with Gasteiger partial charge in [0.05, 0.1) is 5.69 Å². The Morgan fingerprint density at radius 3 is 2.78 bits per heavy atom. The molecule has 0 spiro atoms. The third-order valence-electron chi connectivity index (χ3n) is 2.58. The number of nitrogens with two attached hydrogens (primary N) is 1. The monoisotopic (exact) mass is 278 g/mol. The topological polar surface area (TPSA) is 46.6 Å². The Balaban J connectivity index is 2.41. The molecule has 2 aromatic rings. The van der Waals surface area contributed by atoms with Gasteiger partial charge in [-0.05, 0) is 6.92 Å². The van der Waals surface area contributed by atoms with Gasteiger partial charge in [-0.1, -0.05) is 0 Å². The van der Waals surface area contributed by atoms with E-state index in [0.717, 1.165) is 0 Å². The van der Waals surface area contributed by atoms with Gasteiger partial charge in [0.1, 0.15) is 6.54 Å². The largest absolute Gasteiger partial charge is 0.405 e. The molecule has 0 fully saturated rings. The van der Waals surface area contributed by atoms with Gasteiger partial charge in [-0.3, -0.25) is 4.40 Å². The first-order chi connectivity index (χ1) is 8.46. The number of nitrogens with zero attached hydrogens (tertiary/aromatic N) is 3. The number of hydrogen-bond donors (Lipinski definition) is 1. The lowest BCUT2D eigenvalue weighted by molar-refractivity contribution is -0.119. The van der Waals surface area contributed by atoms with Crippen molar-refractivity contribution in [2.24, 2.45) is 5.73 Å². The first-order valence-electron chi connectivity index (χ1n) is 5.42. The number of imidazole rings is 1. The number of alkyl halides is 3. The maximum atomic E-state index is 12.5. The number of fused-ring (bicyclic) bond motifs is 1. The summed E-state index contributed by atoms with van der Waals surface area (Å²) in [6.45, 7) is 1.04. The number of aromatic nitrogens is 2. The predicted molar refractivity (Wildman–Crippen MR) is 64.9 cm³/mol. The van der Waals surface area contributed by atoms with Crippen LogP contribution >= 0.6 is 11.3 Å². The predicted octanol–water partition coefficient (Wildman–Crippen LogP) is 2.24. The minimum absolute atomic E-state index is 0.154. The Morgan fingerprint density at radius 1 is 1.50 bits per heavy atom. The molecule has 0 saturated carbocycles. The third-order valence-corrected chi connectivity index (χ3v) is 3.34. The number of halogens is 3. The summed E-state index contributed by atoms with van der Waals surface area (Å²) in [5.41, 5.74) is 6.22. The Hall–Kier alpha value is -1.28. The van der Waals surface area contributed by atoms with E-state index in [1.165, 1.54) is 16.2 Å².